The van der Waals surface area contributed by atoms with E-state index in [9.17, 15) is 4.79 Å². The monoisotopic (exact) mass is 323 g/mol. The normalized spacial score (nSPS) is 23.7. The number of amides is 1. The largest absolute Gasteiger partial charge is 0.378 e. The third-order valence-corrected chi connectivity index (χ3v) is 5.24. The Hall–Kier alpha value is -0.980. The highest BCUT2D eigenvalue weighted by Crippen LogP contribution is 2.17. The van der Waals surface area contributed by atoms with Crippen LogP contribution < -0.4 is 0 Å². The van der Waals surface area contributed by atoms with Crippen molar-refractivity contribution in [1.82, 2.24) is 14.8 Å². The summed E-state index contributed by atoms with van der Waals surface area (Å²) in [6.07, 6.45) is 3.89. The summed E-state index contributed by atoms with van der Waals surface area (Å²) < 4.78 is 5.58. The first kappa shape index (κ1) is 15.9. The fourth-order valence-electron chi connectivity index (χ4n) is 3.22. The fourth-order valence-corrected chi connectivity index (χ4v) is 3.82. The first-order chi connectivity index (χ1) is 10.7. The van der Waals surface area contributed by atoms with Gasteiger partial charge in [0, 0.05) is 44.7 Å². The average molecular weight is 323 g/mol. The van der Waals surface area contributed by atoms with Gasteiger partial charge >= 0.3 is 0 Å². The number of aromatic nitrogens is 1. The van der Waals surface area contributed by atoms with Crippen molar-refractivity contribution in [3.63, 3.8) is 0 Å². The minimum atomic E-state index is 0.157. The SMILES string of the molecule is Cc1nc(CN2CCCN(C(=O)CC3CCCO3)CC2)cs1. The predicted molar refractivity (Wildman–Crippen MR) is 86.9 cm³/mol. The molecule has 0 radical (unpaired) electrons. The van der Waals surface area contributed by atoms with Gasteiger partial charge in [-0.15, -0.1) is 11.3 Å². The molecule has 0 aromatic carbocycles. The van der Waals surface area contributed by atoms with Crippen LogP contribution >= 0.6 is 11.3 Å². The van der Waals surface area contributed by atoms with Gasteiger partial charge in [-0.1, -0.05) is 0 Å². The number of hydrogen-bond acceptors (Lipinski definition) is 5. The lowest BCUT2D eigenvalue weighted by Gasteiger charge is -2.22. The van der Waals surface area contributed by atoms with Crippen molar-refractivity contribution in [2.75, 3.05) is 32.8 Å². The van der Waals surface area contributed by atoms with Gasteiger partial charge in [-0.3, -0.25) is 9.69 Å². The zero-order chi connectivity index (χ0) is 15.4. The first-order valence-electron chi connectivity index (χ1n) is 8.23. The number of ether oxygens (including phenoxy) is 1. The standard InChI is InChI=1S/C16H25N3O2S/c1-13-17-14(12-22-13)11-18-5-3-6-19(8-7-18)16(20)10-15-4-2-9-21-15/h12,15H,2-11H2,1H3. The van der Waals surface area contributed by atoms with Crippen LogP contribution in [0.25, 0.3) is 0 Å². The van der Waals surface area contributed by atoms with Crippen LogP contribution in [0.3, 0.4) is 0 Å². The quantitative estimate of drug-likeness (QED) is 0.851. The molecule has 0 saturated carbocycles. The van der Waals surface area contributed by atoms with Crippen molar-refractivity contribution in [2.45, 2.75) is 45.3 Å². The summed E-state index contributed by atoms with van der Waals surface area (Å²) in [6, 6.07) is 0. The Labute approximate surface area is 136 Å². The Morgan fingerprint density at radius 2 is 2.27 bits per heavy atom. The zero-order valence-corrected chi connectivity index (χ0v) is 14.1. The third kappa shape index (κ3) is 4.27. The predicted octanol–water partition coefficient (Wildman–Crippen LogP) is 2.05. The highest BCUT2D eigenvalue weighted by molar-refractivity contribution is 7.09. The van der Waals surface area contributed by atoms with Gasteiger partial charge in [0.15, 0.2) is 0 Å². The van der Waals surface area contributed by atoms with Crippen LogP contribution in [0.15, 0.2) is 5.38 Å². The molecule has 1 aromatic heterocycles. The van der Waals surface area contributed by atoms with E-state index in [-0.39, 0.29) is 12.0 Å². The van der Waals surface area contributed by atoms with Crippen LogP contribution in [0.4, 0.5) is 0 Å². The maximum Gasteiger partial charge on any atom is 0.225 e. The van der Waals surface area contributed by atoms with E-state index in [0.717, 1.165) is 69.3 Å². The molecule has 2 fully saturated rings. The fraction of sp³-hybridized carbons (Fsp3) is 0.750. The molecular weight excluding hydrogens is 298 g/mol. The van der Waals surface area contributed by atoms with E-state index in [1.807, 2.05) is 11.8 Å². The summed E-state index contributed by atoms with van der Waals surface area (Å²) in [7, 11) is 0. The maximum atomic E-state index is 12.4. The van der Waals surface area contributed by atoms with Crippen LogP contribution in [0.5, 0.6) is 0 Å². The number of aryl methyl sites for hydroxylation is 1. The minimum Gasteiger partial charge on any atom is -0.378 e. The van der Waals surface area contributed by atoms with Crippen molar-refractivity contribution in [1.29, 1.82) is 0 Å². The summed E-state index contributed by atoms with van der Waals surface area (Å²) >= 11 is 1.71. The molecule has 3 heterocycles. The Morgan fingerprint density at radius 3 is 3.00 bits per heavy atom. The van der Waals surface area contributed by atoms with Gasteiger partial charge in [-0.25, -0.2) is 4.98 Å². The summed E-state index contributed by atoms with van der Waals surface area (Å²) in [5.41, 5.74) is 1.15. The molecule has 1 aromatic rings. The highest BCUT2D eigenvalue weighted by atomic mass is 32.1. The van der Waals surface area contributed by atoms with E-state index in [1.165, 1.54) is 0 Å². The topological polar surface area (TPSA) is 45.7 Å². The number of thiazole rings is 1. The maximum absolute atomic E-state index is 12.4. The zero-order valence-electron chi connectivity index (χ0n) is 13.3. The van der Waals surface area contributed by atoms with Crippen molar-refractivity contribution in [3.05, 3.63) is 16.1 Å². The molecule has 1 unspecified atom stereocenters. The van der Waals surface area contributed by atoms with Crippen molar-refractivity contribution in [3.8, 4) is 0 Å². The van der Waals surface area contributed by atoms with Gasteiger partial charge < -0.3 is 9.64 Å². The molecule has 0 N–H and O–H groups in total. The van der Waals surface area contributed by atoms with Gasteiger partial charge in [-0.2, -0.15) is 0 Å². The second-order valence-electron chi connectivity index (χ2n) is 6.21. The van der Waals surface area contributed by atoms with Crippen molar-refractivity contribution < 1.29 is 9.53 Å². The summed E-state index contributed by atoms with van der Waals surface area (Å²) in [6.45, 7) is 7.44. The van der Waals surface area contributed by atoms with E-state index in [0.29, 0.717) is 6.42 Å². The van der Waals surface area contributed by atoms with Crippen molar-refractivity contribution >= 4 is 17.2 Å². The van der Waals surface area contributed by atoms with Gasteiger partial charge in [0.05, 0.1) is 23.2 Å². The second-order valence-corrected chi connectivity index (χ2v) is 7.27. The molecule has 1 atom stereocenters. The second kappa shape index (κ2) is 7.53. The molecule has 2 saturated heterocycles. The number of hydrogen-bond donors (Lipinski definition) is 0. The van der Waals surface area contributed by atoms with Gasteiger partial charge in [0.25, 0.3) is 0 Å². The van der Waals surface area contributed by atoms with E-state index < -0.39 is 0 Å². The Balaban J connectivity index is 1.47. The van der Waals surface area contributed by atoms with Gasteiger partial charge in [0.1, 0.15) is 0 Å². The van der Waals surface area contributed by atoms with Crippen LogP contribution in [-0.2, 0) is 16.1 Å². The molecule has 5 nitrogen and oxygen atoms in total. The third-order valence-electron chi connectivity index (χ3n) is 4.42. The lowest BCUT2D eigenvalue weighted by Crippen LogP contribution is -2.36. The highest BCUT2D eigenvalue weighted by Gasteiger charge is 2.24. The molecule has 0 spiro atoms. The molecule has 0 bridgehead atoms. The van der Waals surface area contributed by atoms with Crippen LogP contribution in [0.1, 0.15) is 36.4 Å². The summed E-state index contributed by atoms with van der Waals surface area (Å²) in [4.78, 5) is 21.4. The van der Waals surface area contributed by atoms with Crippen LogP contribution in [0.2, 0.25) is 0 Å². The summed E-state index contributed by atoms with van der Waals surface area (Å²) in [5.74, 6) is 0.262. The van der Waals surface area contributed by atoms with E-state index in [1.54, 1.807) is 11.3 Å². The van der Waals surface area contributed by atoms with Crippen LogP contribution in [-0.4, -0.2) is 59.6 Å². The number of rotatable bonds is 4. The summed E-state index contributed by atoms with van der Waals surface area (Å²) in [5, 5.41) is 3.26. The van der Waals surface area contributed by atoms with Gasteiger partial charge in [0.2, 0.25) is 5.91 Å². The first-order valence-corrected chi connectivity index (χ1v) is 9.11. The Morgan fingerprint density at radius 1 is 1.36 bits per heavy atom. The molecule has 122 valence electrons. The lowest BCUT2D eigenvalue weighted by molar-refractivity contribution is -0.133. The minimum absolute atomic E-state index is 0.157. The smallest absolute Gasteiger partial charge is 0.225 e. The molecule has 0 aliphatic carbocycles. The van der Waals surface area contributed by atoms with E-state index in [2.05, 4.69) is 15.3 Å². The molecule has 2 aliphatic heterocycles. The number of carbonyl (C=O) groups is 1. The lowest BCUT2D eigenvalue weighted by atomic mass is 10.1. The molecule has 3 rings (SSSR count). The molecule has 6 heteroatoms. The van der Waals surface area contributed by atoms with Crippen molar-refractivity contribution in [2.24, 2.45) is 0 Å². The van der Waals surface area contributed by atoms with Crippen LogP contribution in [0, 0.1) is 6.92 Å². The Bertz CT molecular complexity index is 499. The molecule has 22 heavy (non-hydrogen) atoms. The van der Waals surface area contributed by atoms with E-state index in [4.69, 9.17) is 4.74 Å². The Kier molecular flexibility index (Phi) is 5.44. The van der Waals surface area contributed by atoms with E-state index >= 15 is 0 Å². The number of carbonyl (C=O) groups excluding carboxylic acids is 1. The molecule has 2 aliphatic rings. The molecule has 1 amide bonds. The average Bonchev–Trinajstić information content (AvgIpc) is 3.07. The molecular formula is C16H25N3O2S. The van der Waals surface area contributed by atoms with Gasteiger partial charge in [-0.05, 0) is 26.2 Å². The number of nitrogens with zero attached hydrogens (tertiary/aromatic N) is 3.